The van der Waals surface area contributed by atoms with Crippen molar-refractivity contribution < 1.29 is 9.53 Å². The van der Waals surface area contributed by atoms with Crippen molar-refractivity contribution in [3.63, 3.8) is 0 Å². The fraction of sp³-hybridized carbons (Fsp3) is 0.348. The first-order chi connectivity index (χ1) is 13.5. The summed E-state index contributed by atoms with van der Waals surface area (Å²) in [5.74, 6) is 0.230. The van der Waals surface area contributed by atoms with E-state index in [-0.39, 0.29) is 12.4 Å². The maximum atomic E-state index is 12.8. The number of carbonyl (C=O) groups is 1. The van der Waals surface area contributed by atoms with Crippen LogP contribution in [0.25, 0.3) is 0 Å². The predicted molar refractivity (Wildman–Crippen MR) is 109 cm³/mol. The van der Waals surface area contributed by atoms with Crippen molar-refractivity contribution in [1.29, 1.82) is 0 Å². The molecule has 1 atom stereocenters. The summed E-state index contributed by atoms with van der Waals surface area (Å²) in [6, 6.07) is 13.5. The second kappa shape index (κ2) is 8.83. The summed E-state index contributed by atoms with van der Waals surface area (Å²) in [6.45, 7) is 9.12. The standard InChI is InChI=1S/C23H27N3O2/c1-16(2)15-26-18(4)21(17(3)25-26)14-22(27)28-23(19-8-6-5-7-9-19)20-10-12-24-13-11-20/h5-13,16,23H,14-15H2,1-4H3. The lowest BCUT2D eigenvalue weighted by Crippen LogP contribution is -2.15. The smallest absolute Gasteiger partial charge is 0.311 e. The average Bonchev–Trinajstić information content (AvgIpc) is 2.94. The SMILES string of the molecule is Cc1nn(CC(C)C)c(C)c1CC(=O)OC(c1ccccc1)c1ccncc1. The van der Waals surface area contributed by atoms with E-state index < -0.39 is 6.10 Å². The molecule has 0 N–H and O–H groups in total. The molecule has 3 aromatic rings. The van der Waals surface area contributed by atoms with Crippen LogP contribution in [0.4, 0.5) is 0 Å². The Labute approximate surface area is 166 Å². The van der Waals surface area contributed by atoms with E-state index in [1.54, 1.807) is 12.4 Å². The van der Waals surface area contributed by atoms with Crippen LogP contribution < -0.4 is 0 Å². The van der Waals surface area contributed by atoms with E-state index in [0.29, 0.717) is 5.92 Å². The van der Waals surface area contributed by atoms with Crippen LogP contribution in [-0.2, 0) is 22.5 Å². The highest BCUT2D eigenvalue weighted by Gasteiger charge is 2.22. The second-order valence-corrected chi connectivity index (χ2v) is 7.46. The fourth-order valence-electron chi connectivity index (χ4n) is 3.33. The Morgan fingerprint density at radius 2 is 1.68 bits per heavy atom. The number of nitrogens with zero attached hydrogens (tertiary/aromatic N) is 3. The number of benzene rings is 1. The maximum Gasteiger partial charge on any atom is 0.311 e. The molecule has 0 saturated heterocycles. The summed E-state index contributed by atoms with van der Waals surface area (Å²) in [5, 5.41) is 4.60. The Balaban J connectivity index is 1.81. The summed E-state index contributed by atoms with van der Waals surface area (Å²) in [7, 11) is 0. The summed E-state index contributed by atoms with van der Waals surface area (Å²) < 4.78 is 7.91. The number of ether oxygens (including phenoxy) is 1. The van der Waals surface area contributed by atoms with Crippen LogP contribution in [0.15, 0.2) is 54.9 Å². The van der Waals surface area contributed by atoms with Gasteiger partial charge in [-0.2, -0.15) is 5.10 Å². The number of carbonyl (C=O) groups excluding carboxylic acids is 1. The van der Waals surface area contributed by atoms with Gasteiger partial charge in [0.1, 0.15) is 0 Å². The lowest BCUT2D eigenvalue weighted by molar-refractivity contribution is -0.146. The highest BCUT2D eigenvalue weighted by atomic mass is 16.5. The molecular weight excluding hydrogens is 350 g/mol. The summed E-state index contributed by atoms with van der Waals surface area (Å²) >= 11 is 0. The Morgan fingerprint density at radius 3 is 2.32 bits per heavy atom. The topological polar surface area (TPSA) is 57.0 Å². The van der Waals surface area contributed by atoms with Crippen LogP contribution in [0.5, 0.6) is 0 Å². The van der Waals surface area contributed by atoms with E-state index in [1.807, 2.05) is 61.0 Å². The lowest BCUT2D eigenvalue weighted by atomic mass is 10.0. The monoisotopic (exact) mass is 377 g/mol. The van der Waals surface area contributed by atoms with Crippen LogP contribution in [0.1, 0.15) is 48.0 Å². The molecule has 146 valence electrons. The zero-order chi connectivity index (χ0) is 20.1. The quantitative estimate of drug-likeness (QED) is 0.572. The van der Waals surface area contributed by atoms with Gasteiger partial charge in [-0.25, -0.2) is 0 Å². The fourth-order valence-corrected chi connectivity index (χ4v) is 3.33. The largest absolute Gasteiger partial charge is 0.452 e. The minimum Gasteiger partial charge on any atom is -0.452 e. The van der Waals surface area contributed by atoms with Gasteiger partial charge in [0, 0.05) is 35.8 Å². The van der Waals surface area contributed by atoms with Gasteiger partial charge in [0.05, 0.1) is 12.1 Å². The van der Waals surface area contributed by atoms with E-state index in [0.717, 1.165) is 34.6 Å². The van der Waals surface area contributed by atoms with Gasteiger partial charge in [-0.1, -0.05) is 44.2 Å². The first-order valence-corrected chi connectivity index (χ1v) is 9.63. The van der Waals surface area contributed by atoms with Crippen LogP contribution >= 0.6 is 0 Å². The number of rotatable bonds is 7. The minimum absolute atomic E-state index is 0.212. The molecule has 2 heterocycles. The lowest BCUT2D eigenvalue weighted by Gasteiger charge is -2.19. The Hall–Kier alpha value is -2.95. The van der Waals surface area contributed by atoms with Crippen molar-refractivity contribution in [2.45, 2.75) is 46.8 Å². The maximum absolute atomic E-state index is 12.8. The van der Waals surface area contributed by atoms with E-state index in [2.05, 4.69) is 23.9 Å². The first-order valence-electron chi connectivity index (χ1n) is 9.63. The minimum atomic E-state index is -0.456. The third-order valence-corrected chi connectivity index (χ3v) is 4.75. The van der Waals surface area contributed by atoms with Gasteiger partial charge in [-0.15, -0.1) is 0 Å². The molecule has 2 aromatic heterocycles. The van der Waals surface area contributed by atoms with Gasteiger partial charge in [0.15, 0.2) is 6.10 Å². The van der Waals surface area contributed by atoms with Gasteiger partial charge in [0.25, 0.3) is 0 Å². The van der Waals surface area contributed by atoms with Crippen molar-refractivity contribution in [3.05, 3.63) is 82.9 Å². The number of aromatic nitrogens is 3. The number of hydrogen-bond acceptors (Lipinski definition) is 4. The molecule has 0 aliphatic rings. The molecule has 0 amide bonds. The molecule has 5 nitrogen and oxygen atoms in total. The van der Waals surface area contributed by atoms with Gasteiger partial charge >= 0.3 is 5.97 Å². The van der Waals surface area contributed by atoms with Crippen molar-refractivity contribution in [2.75, 3.05) is 0 Å². The Morgan fingerprint density at radius 1 is 1.04 bits per heavy atom. The molecular formula is C23H27N3O2. The molecule has 0 fully saturated rings. The van der Waals surface area contributed by atoms with Crippen molar-refractivity contribution in [1.82, 2.24) is 14.8 Å². The summed E-state index contributed by atoms with van der Waals surface area (Å²) in [6.07, 6.45) is 3.18. The highest BCUT2D eigenvalue weighted by Crippen LogP contribution is 2.26. The van der Waals surface area contributed by atoms with E-state index in [4.69, 9.17) is 4.74 Å². The van der Waals surface area contributed by atoms with Crippen LogP contribution in [0.3, 0.4) is 0 Å². The number of esters is 1. The number of aryl methyl sites for hydroxylation is 1. The van der Waals surface area contributed by atoms with Gasteiger partial charge in [0.2, 0.25) is 0 Å². The van der Waals surface area contributed by atoms with E-state index >= 15 is 0 Å². The Kier molecular flexibility index (Phi) is 6.24. The highest BCUT2D eigenvalue weighted by molar-refractivity contribution is 5.74. The summed E-state index contributed by atoms with van der Waals surface area (Å²) in [5.41, 5.74) is 4.70. The van der Waals surface area contributed by atoms with Crippen molar-refractivity contribution in [2.24, 2.45) is 5.92 Å². The van der Waals surface area contributed by atoms with Gasteiger partial charge in [-0.3, -0.25) is 14.5 Å². The Bertz CT molecular complexity index is 878. The molecule has 0 bridgehead atoms. The molecule has 28 heavy (non-hydrogen) atoms. The molecule has 0 spiro atoms. The van der Waals surface area contributed by atoms with Crippen LogP contribution in [-0.4, -0.2) is 20.7 Å². The molecule has 0 aliphatic carbocycles. The second-order valence-electron chi connectivity index (χ2n) is 7.46. The molecule has 1 unspecified atom stereocenters. The van der Waals surface area contributed by atoms with Gasteiger partial charge < -0.3 is 4.74 Å². The summed E-state index contributed by atoms with van der Waals surface area (Å²) in [4.78, 5) is 16.9. The number of pyridine rings is 1. The molecule has 5 heteroatoms. The third-order valence-electron chi connectivity index (χ3n) is 4.75. The van der Waals surface area contributed by atoms with Crippen molar-refractivity contribution >= 4 is 5.97 Å². The van der Waals surface area contributed by atoms with Crippen LogP contribution in [0.2, 0.25) is 0 Å². The molecule has 0 saturated carbocycles. The first kappa shape index (κ1) is 19.8. The molecule has 0 aliphatic heterocycles. The van der Waals surface area contributed by atoms with Crippen molar-refractivity contribution in [3.8, 4) is 0 Å². The zero-order valence-corrected chi connectivity index (χ0v) is 16.9. The normalized spacial score (nSPS) is 12.2. The van der Waals surface area contributed by atoms with Crippen LogP contribution in [0, 0.1) is 19.8 Å². The van der Waals surface area contributed by atoms with E-state index in [9.17, 15) is 4.79 Å². The molecule has 0 radical (unpaired) electrons. The average molecular weight is 377 g/mol. The van der Waals surface area contributed by atoms with Gasteiger partial charge in [-0.05, 0) is 37.5 Å². The zero-order valence-electron chi connectivity index (χ0n) is 16.9. The number of hydrogen-bond donors (Lipinski definition) is 0. The predicted octanol–water partition coefficient (Wildman–Crippen LogP) is 4.43. The van der Waals surface area contributed by atoms with E-state index in [1.165, 1.54) is 0 Å². The third kappa shape index (κ3) is 4.66. The molecule has 1 aromatic carbocycles. The molecule has 3 rings (SSSR count).